The van der Waals surface area contributed by atoms with E-state index in [-0.39, 0.29) is 6.17 Å². The first-order valence-corrected chi connectivity index (χ1v) is 14.9. The Kier molecular flexibility index (Phi) is 6.89. The molecule has 0 amide bonds. The van der Waals surface area contributed by atoms with Crippen molar-refractivity contribution in [2.24, 2.45) is 0 Å². The van der Waals surface area contributed by atoms with Gasteiger partial charge in [-0.3, -0.25) is 0 Å². The molecule has 43 heavy (non-hydrogen) atoms. The molecule has 0 aromatic heterocycles. The van der Waals surface area contributed by atoms with Crippen LogP contribution in [0, 0.1) is 0 Å². The Morgan fingerprint density at radius 2 is 1.14 bits per heavy atom. The summed E-state index contributed by atoms with van der Waals surface area (Å²) in [5.74, 6) is 0. The number of benzene rings is 6. The molecule has 0 radical (unpaired) electrons. The highest BCUT2D eigenvalue weighted by Crippen LogP contribution is 2.44. The summed E-state index contributed by atoms with van der Waals surface area (Å²) < 4.78 is 0. The summed E-state index contributed by atoms with van der Waals surface area (Å²) in [5.41, 5.74) is 10.6. The minimum Gasteiger partial charge on any atom is -0.363 e. The second kappa shape index (κ2) is 11.2. The third-order valence-corrected chi connectivity index (χ3v) is 8.41. The van der Waals surface area contributed by atoms with Crippen LogP contribution in [0.2, 0.25) is 0 Å². The molecule has 0 aliphatic carbocycles. The first-order valence-electron chi connectivity index (χ1n) is 14.9. The normalized spacial score (nSPS) is 14.6. The van der Waals surface area contributed by atoms with Gasteiger partial charge in [0.25, 0.3) is 0 Å². The van der Waals surface area contributed by atoms with Gasteiger partial charge in [-0.1, -0.05) is 134 Å². The lowest BCUT2D eigenvalue weighted by atomic mass is 9.86. The van der Waals surface area contributed by atoms with Crippen LogP contribution in [0.1, 0.15) is 13.8 Å². The van der Waals surface area contributed by atoms with Crippen molar-refractivity contribution < 1.29 is 0 Å². The van der Waals surface area contributed by atoms with Gasteiger partial charge in [0.1, 0.15) is 6.17 Å². The van der Waals surface area contributed by atoms with Crippen molar-refractivity contribution in [1.82, 2.24) is 0 Å². The second-order valence-electron chi connectivity index (χ2n) is 11.1. The van der Waals surface area contributed by atoms with Crippen LogP contribution >= 0.6 is 0 Å². The van der Waals surface area contributed by atoms with E-state index in [0.29, 0.717) is 0 Å². The number of nitrogens with zero attached hydrogens (tertiary/aromatic N) is 1. The van der Waals surface area contributed by atoms with E-state index in [4.69, 9.17) is 0 Å². The molecular weight excluding hydrogens is 520 g/mol. The molecule has 2 heteroatoms. The number of nitrogens with one attached hydrogen (secondary N) is 1. The lowest BCUT2D eigenvalue weighted by Crippen LogP contribution is -2.31. The monoisotopic (exact) mass is 554 g/mol. The molecule has 1 N–H and O–H groups in total. The van der Waals surface area contributed by atoms with Gasteiger partial charge in [-0.05, 0) is 87.0 Å². The van der Waals surface area contributed by atoms with Crippen LogP contribution in [0.5, 0.6) is 0 Å². The van der Waals surface area contributed by atoms with Crippen LogP contribution in [-0.2, 0) is 0 Å². The molecule has 208 valence electrons. The predicted octanol–water partition coefficient (Wildman–Crippen LogP) is 11.2. The molecule has 0 fully saturated rings. The number of rotatable bonds is 6. The van der Waals surface area contributed by atoms with Crippen LogP contribution in [0.15, 0.2) is 158 Å². The number of hydrogen-bond donors (Lipinski definition) is 1. The number of allylic oxidation sites excluding steroid dienone is 4. The molecule has 6 aromatic carbocycles. The van der Waals surface area contributed by atoms with E-state index in [9.17, 15) is 0 Å². The van der Waals surface area contributed by atoms with Crippen molar-refractivity contribution >= 4 is 32.9 Å². The Balaban J connectivity index is 1.32. The molecule has 0 bridgehead atoms. The van der Waals surface area contributed by atoms with Crippen molar-refractivity contribution in [1.29, 1.82) is 0 Å². The maximum atomic E-state index is 4.35. The maximum absolute atomic E-state index is 4.35. The van der Waals surface area contributed by atoms with Gasteiger partial charge < -0.3 is 10.2 Å². The van der Waals surface area contributed by atoms with E-state index in [1.54, 1.807) is 0 Å². The predicted molar refractivity (Wildman–Crippen MR) is 186 cm³/mol. The highest BCUT2D eigenvalue weighted by molar-refractivity contribution is 6.21. The van der Waals surface area contributed by atoms with Crippen molar-refractivity contribution in [2.75, 3.05) is 10.2 Å². The summed E-state index contributed by atoms with van der Waals surface area (Å²) in [6.07, 6.45) is 8.28. The summed E-state index contributed by atoms with van der Waals surface area (Å²) in [6, 6.07) is 44.1. The first kappa shape index (κ1) is 26.6. The van der Waals surface area contributed by atoms with E-state index >= 15 is 0 Å². The lowest BCUT2D eigenvalue weighted by molar-refractivity contribution is 0.818. The number of fused-ring (bicyclic) bond motifs is 3. The second-order valence-corrected chi connectivity index (χ2v) is 11.1. The molecule has 7 rings (SSSR count). The molecule has 6 aromatic rings. The van der Waals surface area contributed by atoms with E-state index in [2.05, 4.69) is 151 Å². The first-order chi connectivity index (χ1) is 21.1. The largest absolute Gasteiger partial charge is 0.363 e. The quantitative estimate of drug-likeness (QED) is 0.163. The molecule has 1 aliphatic heterocycles. The zero-order valence-electron chi connectivity index (χ0n) is 24.6. The molecule has 2 nitrogen and oxygen atoms in total. The van der Waals surface area contributed by atoms with E-state index in [0.717, 1.165) is 17.1 Å². The molecule has 1 heterocycles. The average molecular weight is 555 g/mol. The summed E-state index contributed by atoms with van der Waals surface area (Å²) in [6.45, 7) is 8.53. The van der Waals surface area contributed by atoms with Gasteiger partial charge in [0, 0.05) is 5.70 Å². The number of anilines is 2. The fourth-order valence-electron chi connectivity index (χ4n) is 6.48. The van der Waals surface area contributed by atoms with Crippen molar-refractivity contribution in [3.05, 3.63) is 158 Å². The van der Waals surface area contributed by atoms with Crippen molar-refractivity contribution in [3.63, 3.8) is 0 Å². The fraction of sp³-hybridized carbons (Fsp3) is 0.0732. The Morgan fingerprint density at radius 1 is 0.628 bits per heavy atom. The van der Waals surface area contributed by atoms with Gasteiger partial charge in [0.05, 0.1) is 11.4 Å². The Morgan fingerprint density at radius 3 is 1.72 bits per heavy atom. The lowest BCUT2D eigenvalue weighted by Gasteiger charge is -2.24. The fourth-order valence-corrected chi connectivity index (χ4v) is 6.48. The third kappa shape index (κ3) is 4.71. The van der Waals surface area contributed by atoms with Gasteiger partial charge in [0.15, 0.2) is 0 Å². The van der Waals surface area contributed by atoms with Gasteiger partial charge in [0.2, 0.25) is 0 Å². The summed E-state index contributed by atoms with van der Waals surface area (Å²) >= 11 is 0. The van der Waals surface area contributed by atoms with Gasteiger partial charge in [-0.25, -0.2) is 0 Å². The zero-order chi connectivity index (χ0) is 29.3. The maximum Gasteiger partial charge on any atom is 0.101 e. The molecule has 1 aliphatic rings. The molecular formula is C41H34N2. The average Bonchev–Trinajstić information content (AvgIpc) is 3.39. The highest BCUT2D eigenvalue weighted by atomic mass is 15.3. The van der Waals surface area contributed by atoms with Crippen molar-refractivity contribution in [2.45, 2.75) is 20.0 Å². The minimum atomic E-state index is 0.135. The van der Waals surface area contributed by atoms with Crippen LogP contribution in [0.4, 0.5) is 11.4 Å². The summed E-state index contributed by atoms with van der Waals surface area (Å²) in [5, 5.41) is 8.68. The van der Waals surface area contributed by atoms with Crippen LogP contribution in [-0.4, -0.2) is 6.17 Å². The minimum absolute atomic E-state index is 0.135. The molecule has 0 saturated carbocycles. The third-order valence-electron chi connectivity index (χ3n) is 8.41. The van der Waals surface area contributed by atoms with Crippen LogP contribution < -0.4 is 10.2 Å². The number of hydrogen-bond acceptors (Lipinski definition) is 2. The van der Waals surface area contributed by atoms with E-state index in [1.165, 1.54) is 54.9 Å². The molecule has 0 spiro atoms. The molecule has 0 saturated heterocycles. The van der Waals surface area contributed by atoms with Gasteiger partial charge in [-0.2, -0.15) is 0 Å². The standard InChI is InChI=1S/C41H34N2/c1-4-5-7-14-28(2)43-29(3)42-38-26-25-33(27-39(38)43)30-21-23-32(24-22-30)41-36-19-12-10-17-34(36)40(31-15-8-6-9-16-31)35-18-11-13-20-37(35)41/h4-27,29,42H,2H2,1,3H3/b5-4-,14-7-. The SMILES string of the molecule is C=C(/C=C\C=C/C)N1c2cc(-c3ccc(-c4c5ccccc5c(-c5ccccc5)c5ccccc45)cc3)ccc2NC1C. The highest BCUT2D eigenvalue weighted by Gasteiger charge is 2.27. The van der Waals surface area contributed by atoms with Crippen molar-refractivity contribution in [3.8, 4) is 33.4 Å². The smallest absolute Gasteiger partial charge is 0.101 e. The van der Waals surface area contributed by atoms with Gasteiger partial charge >= 0.3 is 0 Å². The summed E-state index contributed by atoms with van der Waals surface area (Å²) in [7, 11) is 0. The summed E-state index contributed by atoms with van der Waals surface area (Å²) in [4.78, 5) is 2.26. The van der Waals surface area contributed by atoms with E-state index in [1.807, 2.05) is 25.2 Å². The topological polar surface area (TPSA) is 15.3 Å². The van der Waals surface area contributed by atoms with E-state index < -0.39 is 0 Å². The Hall–Kier alpha value is -5.34. The Bertz CT molecular complexity index is 1970. The van der Waals surface area contributed by atoms with Crippen LogP contribution in [0.3, 0.4) is 0 Å². The molecule has 1 atom stereocenters. The van der Waals surface area contributed by atoms with Gasteiger partial charge in [-0.15, -0.1) is 0 Å². The zero-order valence-corrected chi connectivity index (χ0v) is 24.6. The van der Waals surface area contributed by atoms with Crippen LogP contribution in [0.25, 0.3) is 54.9 Å². The molecule has 1 unspecified atom stereocenters. The Labute approximate surface area is 253 Å².